The van der Waals surface area contributed by atoms with Crippen LogP contribution in [0.25, 0.3) is 0 Å². The topological polar surface area (TPSA) is 50.7 Å². The van der Waals surface area contributed by atoms with Crippen LogP contribution in [0, 0.1) is 6.92 Å². The maximum absolute atomic E-state index is 4.20. The van der Waals surface area contributed by atoms with Gasteiger partial charge in [0, 0.05) is 24.8 Å². The maximum Gasteiger partial charge on any atom is 0.223 e. The van der Waals surface area contributed by atoms with Crippen molar-refractivity contribution in [1.82, 2.24) is 15.0 Å². The van der Waals surface area contributed by atoms with E-state index in [1.54, 1.807) is 18.6 Å². The lowest BCUT2D eigenvalue weighted by Gasteiger charge is -2.13. The van der Waals surface area contributed by atoms with Crippen molar-refractivity contribution in [2.75, 3.05) is 5.32 Å². The van der Waals surface area contributed by atoms with Gasteiger partial charge in [-0.25, -0.2) is 9.97 Å². The van der Waals surface area contributed by atoms with E-state index in [9.17, 15) is 0 Å². The van der Waals surface area contributed by atoms with Gasteiger partial charge in [0.1, 0.15) is 0 Å². The number of nitrogens with one attached hydrogen (secondary N) is 1. The van der Waals surface area contributed by atoms with Crippen LogP contribution in [-0.2, 0) is 0 Å². The molecule has 0 amide bonds. The van der Waals surface area contributed by atoms with E-state index in [0.717, 1.165) is 11.1 Å². The van der Waals surface area contributed by atoms with E-state index in [4.69, 9.17) is 0 Å². The SMILES string of the molecule is Cc1cnc(NC(C)c2cccnc2)nc1. The van der Waals surface area contributed by atoms with E-state index >= 15 is 0 Å². The van der Waals surface area contributed by atoms with Crippen LogP contribution >= 0.6 is 0 Å². The fraction of sp³-hybridized carbons (Fsp3) is 0.250. The summed E-state index contributed by atoms with van der Waals surface area (Å²) in [6, 6.07) is 4.10. The summed E-state index contributed by atoms with van der Waals surface area (Å²) in [5.74, 6) is 0.641. The van der Waals surface area contributed by atoms with Crippen LogP contribution in [0.4, 0.5) is 5.95 Å². The molecular weight excluding hydrogens is 200 g/mol. The van der Waals surface area contributed by atoms with Crippen LogP contribution in [0.5, 0.6) is 0 Å². The average Bonchev–Trinajstić information content (AvgIpc) is 2.33. The van der Waals surface area contributed by atoms with Gasteiger partial charge in [-0.2, -0.15) is 0 Å². The molecular formula is C12H14N4. The van der Waals surface area contributed by atoms with Crippen LogP contribution in [0.2, 0.25) is 0 Å². The number of aromatic nitrogens is 3. The number of hydrogen-bond acceptors (Lipinski definition) is 4. The largest absolute Gasteiger partial charge is 0.348 e. The van der Waals surface area contributed by atoms with Gasteiger partial charge in [0.2, 0.25) is 5.95 Å². The minimum Gasteiger partial charge on any atom is -0.348 e. The number of hydrogen-bond donors (Lipinski definition) is 1. The number of nitrogens with zero attached hydrogens (tertiary/aromatic N) is 3. The summed E-state index contributed by atoms with van der Waals surface area (Å²) in [6.45, 7) is 4.02. The first-order chi connectivity index (χ1) is 7.75. The fourth-order valence-electron chi connectivity index (χ4n) is 1.38. The average molecular weight is 214 g/mol. The van der Waals surface area contributed by atoms with Gasteiger partial charge in [0.05, 0.1) is 6.04 Å². The smallest absolute Gasteiger partial charge is 0.223 e. The van der Waals surface area contributed by atoms with Crippen molar-refractivity contribution < 1.29 is 0 Å². The second-order valence-electron chi connectivity index (χ2n) is 3.74. The van der Waals surface area contributed by atoms with E-state index in [1.165, 1.54) is 0 Å². The number of anilines is 1. The lowest BCUT2D eigenvalue weighted by atomic mass is 10.1. The highest BCUT2D eigenvalue weighted by Gasteiger charge is 2.05. The van der Waals surface area contributed by atoms with Gasteiger partial charge in [0.15, 0.2) is 0 Å². The summed E-state index contributed by atoms with van der Waals surface area (Å²) in [5, 5.41) is 3.22. The predicted molar refractivity (Wildman–Crippen MR) is 63.0 cm³/mol. The lowest BCUT2D eigenvalue weighted by molar-refractivity contribution is 0.852. The molecule has 1 atom stereocenters. The molecule has 0 aliphatic carbocycles. The Kier molecular flexibility index (Phi) is 3.10. The van der Waals surface area contributed by atoms with Crippen molar-refractivity contribution in [2.24, 2.45) is 0 Å². The van der Waals surface area contributed by atoms with Crippen LogP contribution in [0.3, 0.4) is 0 Å². The van der Waals surface area contributed by atoms with Gasteiger partial charge in [-0.15, -0.1) is 0 Å². The Morgan fingerprint density at radius 2 is 1.94 bits per heavy atom. The summed E-state index contributed by atoms with van der Waals surface area (Å²) in [6.07, 6.45) is 7.20. The number of pyridine rings is 1. The predicted octanol–water partition coefficient (Wildman–Crippen LogP) is 2.35. The molecule has 0 aliphatic rings. The molecule has 4 nitrogen and oxygen atoms in total. The first kappa shape index (κ1) is 10.5. The summed E-state index contributed by atoms with van der Waals surface area (Å²) in [4.78, 5) is 12.5. The third-order valence-electron chi connectivity index (χ3n) is 2.31. The van der Waals surface area contributed by atoms with E-state index in [1.807, 2.05) is 25.3 Å². The normalized spacial score (nSPS) is 12.1. The van der Waals surface area contributed by atoms with Crippen molar-refractivity contribution in [1.29, 1.82) is 0 Å². The van der Waals surface area contributed by atoms with Crippen molar-refractivity contribution in [3.05, 3.63) is 48.0 Å². The Morgan fingerprint density at radius 3 is 2.56 bits per heavy atom. The highest BCUT2D eigenvalue weighted by Crippen LogP contribution is 2.14. The van der Waals surface area contributed by atoms with Crippen LogP contribution in [0.15, 0.2) is 36.9 Å². The molecule has 0 fully saturated rings. The minimum absolute atomic E-state index is 0.149. The van der Waals surface area contributed by atoms with Gasteiger partial charge in [0.25, 0.3) is 0 Å². The molecule has 0 saturated heterocycles. The second-order valence-corrected chi connectivity index (χ2v) is 3.74. The zero-order valence-corrected chi connectivity index (χ0v) is 9.38. The number of aryl methyl sites for hydroxylation is 1. The van der Waals surface area contributed by atoms with Crippen LogP contribution in [0.1, 0.15) is 24.1 Å². The Labute approximate surface area is 94.8 Å². The summed E-state index contributed by atoms with van der Waals surface area (Å²) in [5.41, 5.74) is 2.17. The summed E-state index contributed by atoms with van der Waals surface area (Å²) >= 11 is 0. The molecule has 0 radical (unpaired) electrons. The highest BCUT2D eigenvalue weighted by atomic mass is 15.1. The third-order valence-corrected chi connectivity index (χ3v) is 2.31. The molecule has 0 aromatic carbocycles. The summed E-state index contributed by atoms with van der Waals surface area (Å²) in [7, 11) is 0. The summed E-state index contributed by atoms with van der Waals surface area (Å²) < 4.78 is 0. The minimum atomic E-state index is 0.149. The van der Waals surface area contributed by atoms with Gasteiger partial charge < -0.3 is 5.32 Å². The van der Waals surface area contributed by atoms with Crippen LogP contribution in [-0.4, -0.2) is 15.0 Å². The molecule has 1 unspecified atom stereocenters. The van der Waals surface area contributed by atoms with E-state index < -0.39 is 0 Å². The fourth-order valence-corrected chi connectivity index (χ4v) is 1.38. The van der Waals surface area contributed by atoms with Crippen LogP contribution < -0.4 is 5.32 Å². The molecule has 82 valence electrons. The Morgan fingerprint density at radius 1 is 1.19 bits per heavy atom. The zero-order chi connectivity index (χ0) is 11.4. The molecule has 16 heavy (non-hydrogen) atoms. The molecule has 2 aromatic rings. The molecule has 4 heteroatoms. The van der Waals surface area contributed by atoms with Gasteiger partial charge in [-0.3, -0.25) is 4.98 Å². The number of rotatable bonds is 3. The monoisotopic (exact) mass is 214 g/mol. The van der Waals surface area contributed by atoms with Crippen molar-refractivity contribution >= 4 is 5.95 Å². The van der Waals surface area contributed by atoms with E-state index in [2.05, 4.69) is 27.2 Å². The first-order valence-electron chi connectivity index (χ1n) is 5.21. The van der Waals surface area contributed by atoms with E-state index in [-0.39, 0.29) is 6.04 Å². The quantitative estimate of drug-likeness (QED) is 0.852. The van der Waals surface area contributed by atoms with E-state index in [0.29, 0.717) is 5.95 Å². The standard InChI is InChI=1S/C12H14N4/c1-9-6-14-12(15-7-9)16-10(2)11-4-3-5-13-8-11/h3-8,10H,1-2H3,(H,14,15,16). The Hall–Kier alpha value is -1.97. The second kappa shape index (κ2) is 4.70. The van der Waals surface area contributed by atoms with Gasteiger partial charge in [-0.1, -0.05) is 6.07 Å². The lowest BCUT2D eigenvalue weighted by Crippen LogP contribution is -2.09. The molecule has 0 aliphatic heterocycles. The molecule has 2 heterocycles. The molecule has 2 aromatic heterocycles. The highest BCUT2D eigenvalue weighted by molar-refractivity contribution is 5.30. The van der Waals surface area contributed by atoms with Crippen molar-refractivity contribution in [3.63, 3.8) is 0 Å². The molecule has 0 spiro atoms. The Bertz CT molecular complexity index is 438. The Balaban J connectivity index is 2.08. The van der Waals surface area contributed by atoms with Crippen molar-refractivity contribution in [2.45, 2.75) is 19.9 Å². The zero-order valence-electron chi connectivity index (χ0n) is 9.38. The third kappa shape index (κ3) is 2.53. The molecule has 0 saturated carbocycles. The van der Waals surface area contributed by atoms with Gasteiger partial charge >= 0.3 is 0 Å². The maximum atomic E-state index is 4.20. The molecule has 2 rings (SSSR count). The van der Waals surface area contributed by atoms with Gasteiger partial charge in [-0.05, 0) is 31.0 Å². The molecule has 0 bridgehead atoms. The first-order valence-corrected chi connectivity index (χ1v) is 5.21. The van der Waals surface area contributed by atoms with Crippen molar-refractivity contribution in [3.8, 4) is 0 Å². The molecule has 1 N–H and O–H groups in total.